The normalized spacial score (nSPS) is 11.6. The van der Waals surface area contributed by atoms with E-state index in [-0.39, 0.29) is 0 Å². The Balaban J connectivity index is 0.956. The number of benzene rings is 10. The lowest BCUT2D eigenvalue weighted by Gasteiger charge is -2.18. The molecule has 13 rings (SSSR count). The van der Waals surface area contributed by atoms with Crippen molar-refractivity contribution in [1.82, 2.24) is 19.9 Å². The van der Waals surface area contributed by atoms with Gasteiger partial charge in [0.25, 0.3) is 0 Å². The number of nitrogens with zero attached hydrogens (tertiary/aromatic N) is 5. The van der Waals surface area contributed by atoms with Gasteiger partial charge in [0.2, 0.25) is 0 Å². The molecule has 0 saturated heterocycles. The lowest BCUT2D eigenvalue weighted by atomic mass is 9.86. The van der Waals surface area contributed by atoms with Crippen molar-refractivity contribution in [3.8, 4) is 73.6 Å². The Kier molecular flexibility index (Phi) is 8.80. The molecule has 67 heavy (non-hydrogen) atoms. The van der Waals surface area contributed by atoms with Crippen LogP contribution in [0.4, 0.5) is 0 Å². The minimum atomic E-state index is 0.591. The number of furan rings is 1. The van der Waals surface area contributed by atoms with E-state index in [1.807, 2.05) is 97.2 Å². The Morgan fingerprint density at radius 3 is 1.66 bits per heavy atom. The maximum absolute atomic E-state index is 9.50. The van der Waals surface area contributed by atoms with Gasteiger partial charge >= 0.3 is 0 Å². The Bertz CT molecular complexity index is 4170. The van der Waals surface area contributed by atoms with Crippen LogP contribution in [0.15, 0.2) is 217 Å². The van der Waals surface area contributed by atoms with E-state index in [1.54, 1.807) is 0 Å². The van der Waals surface area contributed by atoms with Crippen molar-refractivity contribution in [1.29, 1.82) is 5.26 Å². The van der Waals surface area contributed by atoms with E-state index in [1.165, 1.54) is 10.8 Å². The molecule has 0 spiro atoms. The summed E-state index contributed by atoms with van der Waals surface area (Å²) in [6.45, 7) is 0. The quantitative estimate of drug-likeness (QED) is 0.155. The smallest absolute Gasteiger partial charge is 0.164 e. The van der Waals surface area contributed by atoms with Gasteiger partial charge in [-0.25, -0.2) is 15.0 Å². The summed E-state index contributed by atoms with van der Waals surface area (Å²) in [5, 5.41) is 19.6. The molecule has 3 aromatic heterocycles. The lowest BCUT2D eigenvalue weighted by Crippen LogP contribution is -2.00. The van der Waals surface area contributed by atoms with Gasteiger partial charge < -0.3 is 4.42 Å². The van der Waals surface area contributed by atoms with E-state index in [0.29, 0.717) is 23.0 Å². The lowest BCUT2D eigenvalue weighted by molar-refractivity contribution is 0.669. The van der Waals surface area contributed by atoms with Crippen LogP contribution in [0.1, 0.15) is 5.56 Å². The van der Waals surface area contributed by atoms with E-state index >= 15 is 0 Å². The van der Waals surface area contributed by atoms with Crippen LogP contribution in [0.2, 0.25) is 0 Å². The Morgan fingerprint density at radius 2 is 0.881 bits per heavy atom. The maximum atomic E-state index is 9.50. The fourth-order valence-electron chi connectivity index (χ4n) is 9.82. The summed E-state index contributed by atoms with van der Waals surface area (Å²) < 4.78 is 6.16. The third-order valence-electron chi connectivity index (χ3n) is 13.0. The highest BCUT2D eigenvalue weighted by Gasteiger charge is 2.19. The fourth-order valence-corrected chi connectivity index (χ4v) is 9.82. The van der Waals surface area contributed by atoms with Crippen LogP contribution in [0.25, 0.3) is 133 Å². The molecule has 0 atom stereocenters. The maximum Gasteiger partial charge on any atom is 0.164 e. The van der Waals surface area contributed by atoms with E-state index in [4.69, 9.17) is 24.4 Å². The molecular formula is C61H35N5O. The van der Waals surface area contributed by atoms with Gasteiger partial charge in [-0.3, -0.25) is 4.98 Å². The molecule has 6 nitrogen and oxygen atoms in total. The van der Waals surface area contributed by atoms with Crippen molar-refractivity contribution < 1.29 is 4.42 Å². The monoisotopic (exact) mass is 853 g/mol. The van der Waals surface area contributed by atoms with E-state index < -0.39 is 0 Å². The number of pyridine rings is 1. The molecule has 0 aliphatic rings. The van der Waals surface area contributed by atoms with Crippen molar-refractivity contribution in [2.45, 2.75) is 0 Å². The zero-order valence-corrected chi connectivity index (χ0v) is 35.9. The molecular weight excluding hydrogens is 819 g/mol. The van der Waals surface area contributed by atoms with Crippen LogP contribution in [-0.2, 0) is 0 Å². The molecule has 0 radical (unpaired) electrons. The Morgan fingerprint density at radius 1 is 0.328 bits per heavy atom. The summed E-state index contributed by atoms with van der Waals surface area (Å²) in [6, 6.07) is 73.6. The van der Waals surface area contributed by atoms with Gasteiger partial charge in [0.15, 0.2) is 17.5 Å². The number of nitriles is 1. The van der Waals surface area contributed by atoms with E-state index in [2.05, 4.69) is 121 Å². The molecule has 0 unspecified atom stereocenters. The molecule has 0 aliphatic carbocycles. The predicted octanol–water partition coefficient (Wildman–Crippen LogP) is 15.7. The topological polar surface area (TPSA) is 88.5 Å². The summed E-state index contributed by atoms with van der Waals surface area (Å²) >= 11 is 0. The third-order valence-corrected chi connectivity index (χ3v) is 13.0. The van der Waals surface area contributed by atoms with Crippen molar-refractivity contribution in [3.63, 3.8) is 0 Å². The molecule has 310 valence electrons. The van der Waals surface area contributed by atoms with Gasteiger partial charge in [0.05, 0.1) is 17.1 Å². The van der Waals surface area contributed by atoms with Crippen LogP contribution in [0.3, 0.4) is 0 Å². The molecule has 0 amide bonds. The van der Waals surface area contributed by atoms with Crippen LogP contribution >= 0.6 is 0 Å². The first-order valence-corrected chi connectivity index (χ1v) is 22.2. The highest BCUT2D eigenvalue weighted by molar-refractivity contribution is 6.24. The number of aromatic nitrogens is 4. The number of hydrogen-bond donors (Lipinski definition) is 0. The van der Waals surface area contributed by atoms with Crippen molar-refractivity contribution >= 4 is 65.2 Å². The van der Waals surface area contributed by atoms with Gasteiger partial charge in [-0.05, 0) is 121 Å². The van der Waals surface area contributed by atoms with Crippen LogP contribution < -0.4 is 0 Å². The second-order valence-corrected chi connectivity index (χ2v) is 16.8. The molecule has 0 fully saturated rings. The number of para-hydroxylation sites is 1. The van der Waals surface area contributed by atoms with Gasteiger partial charge in [-0.15, -0.1) is 0 Å². The fraction of sp³-hybridized carbons (Fsp3) is 0. The zero-order chi connectivity index (χ0) is 44.4. The van der Waals surface area contributed by atoms with Crippen LogP contribution in [0.5, 0.6) is 0 Å². The van der Waals surface area contributed by atoms with Gasteiger partial charge in [0.1, 0.15) is 11.2 Å². The molecule has 0 bridgehead atoms. The molecule has 3 heterocycles. The third kappa shape index (κ3) is 6.41. The molecule has 10 aromatic carbocycles. The van der Waals surface area contributed by atoms with Crippen LogP contribution in [0, 0.1) is 11.3 Å². The van der Waals surface area contributed by atoms with Crippen molar-refractivity contribution in [2.75, 3.05) is 0 Å². The summed E-state index contributed by atoms with van der Waals surface area (Å²) in [5.74, 6) is 1.79. The van der Waals surface area contributed by atoms with Gasteiger partial charge in [-0.2, -0.15) is 5.26 Å². The first-order valence-electron chi connectivity index (χ1n) is 22.2. The first-order chi connectivity index (χ1) is 33.1. The second kappa shape index (κ2) is 15.4. The first kappa shape index (κ1) is 38.2. The molecule has 13 aromatic rings. The molecule has 0 N–H and O–H groups in total. The summed E-state index contributed by atoms with van der Waals surface area (Å²) in [7, 11) is 0. The minimum absolute atomic E-state index is 0.591. The van der Waals surface area contributed by atoms with Crippen LogP contribution in [-0.4, -0.2) is 19.9 Å². The summed E-state index contributed by atoms with van der Waals surface area (Å²) in [6.07, 6.45) is 1.86. The van der Waals surface area contributed by atoms with E-state index in [9.17, 15) is 5.26 Å². The SMILES string of the molecule is N#Cc1ccc(-c2cc3c4ccccc4c(-c4ccc(-c5cccc(-c6nc(-c7ccccc7)nc(-c7ccc8oc9ccccc9c8c7)n6)c5)c5ccccc45)cc3c3cccnc23)cc1. The Labute approximate surface area is 384 Å². The average molecular weight is 854 g/mol. The number of hydrogen-bond acceptors (Lipinski definition) is 6. The summed E-state index contributed by atoms with van der Waals surface area (Å²) in [4.78, 5) is 20.2. The van der Waals surface area contributed by atoms with Crippen molar-refractivity contribution in [3.05, 3.63) is 218 Å². The second-order valence-electron chi connectivity index (χ2n) is 16.8. The van der Waals surface area contributed by atoms with E-state index in [0.717, 1.165) is 104 Å². The highest BCUT2D eigenvalue weighted by atomic mass is 16.3. The summed E-state index contributed by atoms with van der Waals surface area (Å²) in [5.41, 5.74) is 12.5. The van der Waals surface area contributed by atoms with Gasteiger partial charge in [-0.1, -0.05) is 146 Å². The minimum Gasteiger partial charge on any atom is -0.456 e. The highest BCUT2D eigenvalue weighted by Crippen LogP contribution is 2.44. The zero-order valence-electron chi connectivity index (χ0n) is 35.9. The number of rotatable bonds is 6. The largest absolute Gasteiger partial charge is 0.456 e. The molecule has 0 saturated carbocycles. The van der Waals surface area contributed by atoms with Gasteiger partial charge in [0, 0.05) is 44.6 Å². The molecule has 0 aliphatic heterocycles. The number of fused-ring (bicyclic) bond motifs is 9. The Hall–Kier alpha value is -9.31. The standard InChI is InChI=1S/C61H35N5O/c62-36-37-23-25-38(26-24-37)51-34-53-47-19-7-6-18-46(47)52(35-54(53)50-21-11-31-63-58(50)51)48-29-28-43(44-16-4-5-17-45(44)48)40-14-10-15-41(32-40)60-64-59(39-12-2-1-3-13-39)65-61(66-60)42-27-30-57-55(33-42)49-20-8-9-22-56(49)67-57/h1-35H. The average Bonchev–Trinajstić information content (AvgIpc) is 3.78. The predicted molar refractivity (Wildman–Crippen MR) is 272 cm³/mol. The molecule has 6 heteroatoms. The van der Waals surface area contributed by atoms with Crippen molar-refractivity contribution in [2.24, 2.45) is 0 Å².